The normalized spacial score (nSPS) is 15.4. The van der Waals surface area contributed by atoms with Crippen LogP contribution in [0.4, 0.5) is 9.18 Å². The lowest BCUT2D eigenvalue weighted by Gasteiger charge is -2.26. The van der Waals surface area contributed by atoms with Crippen molar-refractivity contribution < 1.29 is 13.9 Å². The number of morpholine rings is 1. The van der Waals surface area contributed by atoms with Gasteiger partial charge in [0.15, 0.2) is 0 Å². The van der Waals surface area contributed by atoms with Crippen molar-refractivity contribution in [3.05, 3.63) is 35.1 Å². The highest BCUT2D eigenvalue weighted by Crippen LogP contribution is 2.10. The van der Waals surface area contributed by atoms with Crippen LogP contribution in [0.2, 0.25) is 0 Å². The Bertz CT molecular complexity index is 445. The van der Waals surface area contributed by atoms with Crippen LogP contribution in [0.25, 0.3) is 0 Å². The van der Waals surface area contributed by atoms with E-state index in [-0.39, 0.29) is 11.8 Å². The summed E-state index contributed by atoms with van der Waals surface area (Å²) in [5, 5.41) is 2.88. The Labute approximate surface area is 112 Å². The number of hydrogen-bond acceptors (Lipinski definition) is 2. The average Bonchev–Trinajstić information content (AvgIpc) is 2.42. The third kappa shape index (κ3) is 3.92. The molecule has 104 valence electrons. The lowest BCUT2D eigenvalue weighted by atomic mass is 10.1. The van der Waals surface area contributed by atoms with Crippen molar-refractivity contribution in [1.29, 1.82) is 0 Å². The highest BCUT2D eigenvalue weighted by molar-refractivity contribution is 5.74. The molecule has 2 rings (SSSR count). The molecule has 0 atom stereocenters. The molecule has 1 saturated heterocycles. The molecule has 0 bridgehead atoms. The van der Waals surface area contributed by atoms with Crippen molar-refractivity contribution in [2.24, 2.45) is 0 Å². The van der Waals surface area contributed by atoms with Gasteiger partial charge in [0.25, 0.3) is 0 Å². The smallest absolute Gasteiger partial charge is 0.317 e. The molecule has 1 heterocycles. The molecule has 1 aliphatic rings. The predicted octanol–water partition coefficient (Wildman–Crippen LogP) is 1.72. The molecule has 1 fully saturated rings. The zero-order chi connectivity index (χ0) is 13.7. The topological polar surface area (TPSA) is 41.6 Å². The van der Waals surface area contributed by atoms with Crippen LogP contribution in [0.1, 0.15) is 11.1 Å². The molecule has 1 aromatic carbocycles. The van der Waals surface area contributed by atoms with Crippen LogP contribution in [0, 0.1) is 12.7 Å². The summed E-state index contributed by atoms with van der Waals surface area (Å²) in [5.41, 5.74) is 1.98. The van der Waals surface area contributed by atoms with Gasteiger partial charge in [0.1, 0.15) is 5.82 Å². The summed E-state index contributed by atoms with van der Waals surface area (Å²) >= 11 is 0. The molecule has 1 aromatic rings. The van der Waals surface area contributed by atoms with E-state index >= 15 is 0 Å². The Morgan fingerprint density at radius 1 is 1.42 bits per heavy atom. The Hall–Kier alpha value is -1.62. The minimum atomic E-state index is -0.224. The van der Waals surface area contributed by atoms with Gasteiger partial charge in [-0.3, -0.25) is 0 Å². The minimum absolute atomic E-state index is 0.0527. The van der Waals surface area contributed by atoms with E-state index in [1.54, 1.807) is 11.0 Å². The van der Waals surface area contributed by atoms with Gasteiger partial charge in [0.2, 0.25) is 0 Å². The van der Waals surface area contributed by atoms with Gasteiger partial charge < -0.3 is 15.0 Å². The number of nitrogens with one attached hydrogen (secondary N) is 1. The maximum atomic E-state index is 13.0. The number of halogens is 1. The first-order chi connectivity index (χ1) is 9.16. The summed E-state index contributed by atoms with van der Waals surface area (Å²) in [6.07, 6.45) is 0.711. The molecule has 0 spiro atoms. The second kappa shape index (κ2) is 6.52. The summed E-state index contributed by atoms with van der Waals surface area (Å²) < 4.78 is 18.1. The summed E-state index contributed by atoms with van der Waals surface area (Å²) in [6, 6.07) is 4.68. The molecule has 0 radical (unpaired) electrons. The molecule has 4 nitrogen and oxygen atoms in total. The number of nitrogens with zero attached hydrogens (tertiary/aromatic N) is 1. The van der Waals surface area contributed by atoms with Crippen molar-refractivity contribution in [2.75, 3.05) is 32.8 Å². The highest BCUT2D eigenvalue weighted by atomic mass is 19.1. The molecule has 5 heteroatoms. The van der Waals surface area contributed by atoms with Crippen LogP contribution in [0.15, 0.2) is 18.2 Å². The number of carbonyl (C=O) groups is 1. The van der Waals surface area contributed by atoms with Crippen molar-refractivity contribution in [3.8, 4) is 0 Å². The Kier molecular flexibility index (Phi) is 4.74. The van der Waals surface area contributed by atoms with E-state index < -0.39 is 0 Å². The zero-order valence-electron chi connectivity index (χ0n) is 11.1. The minimum Gasteiger partial charge on any atom is -0.378 e. The molecule has 19 heavy (non-hydrogen) atoms. The van der Waals surface area contributed by atoms with Crippen LogP contribution in [-0.4, -0.2) is 43.8 Å². The molecule has 0 unspecified atom stereocenters. The van der Waals surface area contributed by atoms with E-state index in [9.17, 15) is 9.18 Å². The molecule has 1 N–H and O–H groups in total. The quantitative estimate of drug-likeness (QED) is 0.905. The van der Waals surface area contributed by atoms with Gasteiger partial charge in [-0.1, -0.05) is 6.07 Å². The lowest BCUT2D eigenvalue weighted by molar-refractivity contribution is 0.0533. The van der Waals surface area contributed by atoms with Gasteiger partial charge in [-0.25, -0.2) is 9.18 Å². The molecule has 0 saturated carbocycles. The fourth-order valence-corrected chi connectivity index (χ4v) is 2.12. The first-order valence-electron chi connectivity index (χ1n) is 6.52. The van der Waals surface area contributed by atoms with E-state index in [0.717, 1.165) is 11.1 Å². The number of hydrogen-bond donors (Lipinski definition) is 1. The van der Waals surface area contributed by atoms with Gasteiger partial charge in [0.05, 0.1) is 13.2 Å². The third-order valence-electron chi connectivity index (χ3n) is 3.27. The number of ether oxygens (including phenoxy) is 1. The largest absolute Gasteiger partial charge is 0.378 e. The number of aryl methyl sites for hydroxylation is 1. The third-order valence-corrected chi connectivity index (χ3v) is 3.27. The van der Waals surface area contributed by atoms with Gasteiger partial charge in [-0.05, 0) is 36.6 Å². The van der Waals surface area contributed by atoms with Gasteiger partial charge in [-0.2, -0.15) is 0 Å². The van der Waals surface area contributed by atoms with E-state index in [1.165, 1.54) is 12.1 Å². The first-order valence-corrected chi connectivity index (χ1v) is 6.52. The zero-order valence-corrected chi connectivity index (χ0v) is 11.1. The molecular formula is C14H19FN2O2. The molecule has 2 amide bonds. The fourth-order valence-electron chi connectivity index (χ4n) is 2.12. The second-order valence-electron chi connectivity index (χ2n) is 4.65. The van der Waals surface area contributed by atoms with Crippen LogP contribution < -0.4 is 5.32 Å². The van der Waals surface area contributed by atoms with E-state index in [2.05, 4.69) is 5.32 Å². The number of benzene rings is 1. The summed E-state index contributed by atoms with van der Waals surface area (Å²) in [6.45, 7) is 4.92. The summed E-state index contributed by atoms with van der Waals surface area (Å²) in [4.78, 5) is 13.6. The molecule has 1 aliphatic heterocycles. The Balaban J connectivity index is 1.78. The second-order valence-corrected chi connectivity index (χ2v) is 4.65. The monoisotopic (exact) mass is 266 g/mol. The van der Waals surface area contributed by atoms with E-state index in [1.807, 2.05) is 6.92 Å². The highest BCUT2D eigenvalue weighted by Gasteiger charge is 2.15. The van der Waals surface area contributed by atoms with Crippen molar-refractivity contribution in [1.82, 2.24) is 10.2 Å². The van der Waals surface area contributed by atoms with Crippen molar-refractivity contribution in [3.63, 3.8) is 0 Å². The average molecular weight is 266 g/mol. The molecule has 0 aromatic heterocycles. The number of rotatable bonds is 3. The summed E-state index contributed by atoms with van der Waals surface area (Å²) in [5.74, 6) is -0.224. The van der Waals surface area contributed by atoms with Crippen LogP contribution in [-0.2, 0) is 11.2 Å². The van der Waals surface area contributed by atoms with E-state index in [4.69, 9.17) is 4.74 Å². The SMILES string of the molecule is Cc1cc(F)ccc1CCNC(=O)N1CCOCC1. The molecular weight excluding hydrogens is 247 g/mol. The lowest BCUT2D eigenvalue weighted by Crippen LogP contribution is -2.46. The van der Waals surface area contributed by atoms with Crippen LogP contribution >= 0.6 is 0 Å². The fraction of sp³-hybridized carbons (Fsp3) is 0.500. The maximum absolute atomic E-state index is 13.0. The van der Waals surface area contributed by atoms with Crippen LogP contribution in [0.5, 0.6) is 0 Å². The Morgan fingerprint density at radius 2 is 2.16 bits per heavy atom. The Morgan fingerprint density at radius 3 is 2.84 bits per heavy atom. The van der Waals surface area contributed by atoms with Crippen molar-refractivity contribution >= 4 is 6.03 Å². The predicted molar refractivity (Wildman–Crippen MR) is 70.6 cm³/mol. The summed E-state index contributed by atoms with van der Waals surface area (Å²) in [7, 11) is 0. The standard InChI is InChI=1S/C14H19FN2O2/c1-11-10-13(15)3-2-12(11)4-5-16-14(18)17-6-8-19-9-7-17/h2-3,10H,4-9H2,1H3,(H,16,18). The number of carbonyl (C=O) groups excluding carboxylic acids is 1. The molecule has 0 aliphatic carbocycles. The van der Waals surface area contributed by atoms with Gasteiger partial charge >= 0.3 is 6.03 Å². The van der Waals surface area contributed by atoms with Crippen LogP contribution in [0.3, 0.4) is 0 Å². The van der Waals surface area contributed by atoms with E-state index in [0.29, 0.717) is 39.3 Å². The number of urea groups is 1. The maximum Gasteiger partial charge on any atom is 0.317 e. The van der Waals surface area contributed by atoms with Gasteiger partial charge in [0, 0.05) is 19.6 Å². The van der Waals surface area contributed by atoms with Gasteiger partial charge in [-0.15, -0.1) is 0 Å². The van der Waals surface area contributed by atoms with Crippen molar-refractivity contribution in [2.45, 2.75) is 13.3 Å². The number of amides is 2. The first kappa shape index (κ1) is 13.8.